The molecule has 0 bridgehead atoms. The van der Waals surface area contributed by atoms with Crippen LogP contribution in [0.15, 0.2) is 42.5 Å². The lowest BCUT2D eigenvalue weighted by Gasteiger charge is -2.12. The van der Waals surface area contributed by atoms with Crippen LogP contribution in [0.3, 0.4) is 0 Å². The molecule has 0 heterocycles. The molecule has 0 fully saturated rings. The standard InChI is InChI=1S/C14H10ClF2N3OS/c15-8-5-6-9(11(17)7-8)13(21)19-20-14(22)18-12-4-2-1-3-10(12)16/h1-7H,(H,19,21)(H2,18,20,22). The molecule has 0 saturated heterocycles. The lowest BCUT2D eigenvalue weighted by molar-refractivity contribution is 0.0940. The molecule has 0 aliphatic rings. The Morgan fingerprint density at radius 3 is 2.45 bits per heavy atom. The van der Waals surface area contributed by atoms with Crippen LogP contribution in [0, 0.1) is 11.6 Å². The highest BCUT2D eigenvalue weighted by Gasteiger charge is 2.12. The number of carbonyl (C=O) groups is 1. The smallest absolute Gasteiger partial charge is 0.272 e. The van der Waals surface area contributed by atoms with E-state index in [1.807, 2.05) is 0 Å². The first-order valence-electron chi connectivity index (χ1n) is 6.04. The highest BCUT2D eigenvalue weighted by Crippen LogP contribution is 2.14. The molecule has 0 spiro atoms. The van der Waals surface area contributed by atoms with E-state index in [4.69, 9.17) is 23.8 Å². The summed E-state index contributed by atoms with van der Waals surface area (Å²) >= 11 is 10.5. The quantitative estimate of drug-likeness (QED) is 0.580. The summed E-state index contributed by atoms with van der Waals surface area (Å²) in [5.74, 6) is -2.01. The number of amides is 1. The van der Waals surface area contributed by atoms with Gasteiger partial charge in [-0.3, -0.25) is 15.6 Å². The number of anilines is 1. The Morgan fingerprint density at radius 2 is 1.77 bits per heavy atom. The summed E-state index contributed by atoms with van der Waals surface area (Å²) in [5.41, 5.74) is 4.50. The second-order valence-corrected chi connectivity index (χ2v) is 4.98. The van der Waals surface area contributed by atoms with E-state index in [-0.39, 0.29) is 21.4 Å². The molecule has 22 heavy (non-hydrogen) atoms. The van der Waals surface area contributed by atoms with E-state index in [1.54, 1.807) is 6.07 Å². The Kier molecular flexibility index (Phi) is 5.24. The predicted molar refractivity (Wildman–Crippen MR) is 84.6 cm³/mol. The highest BCUT2D eigenvalue weighted by molar-refractivity contribution is 7.80. The second kappa shape index (κ2) is 7.15. The number of halogens is 3. The van der Waals surface area contributed by atoms with Gasteiger partial charge in [0.1, 0.15) is 11.6 Å². The zero-order chi connectivity index (χ0) is 16.1. The van der Waals surface area contributed by atoms with Crippen LogP contribution in [0.1, 0.15) is 10.4 Å². The number of para-hydroxylation sites is 1. The van der Waals surface area contributed by atoms with Gasteiger partial charge in [-0.05, 0) is 42.5 Å². The lowest BCUT2D eigenvalue weighted by Crippen LogP contribution is -2.44. The molecule has 0 radical (unpaired) electrons. The third-order valence-corrected chi connectivity index (χ3v) is 3.03. The predicted octanol–water partition coefficient (Wildman–Crippen LogP) is 3.25. The minimum Gasteiger partial charge on any atom is -0.329 e. The van der Waals surface area contributed by atoms with E-state index < -0.39 is 17.5 Å². The van der Waals surface area contributed by atoms with Crippen LogP contribution in [-0.4, -0.2) is 11.0 Å². The molecule has 0 saturated carbocycles. The first kappa shape index (κ1) is 16.1. The maximum Gasteiger partial charge on any atom is 0.272 e. The Hall–Kier alpha value is -2.25. The number of hydrogen-bond donors (Lipinski definition) is 3. The fourth-order valence-corrected chi connectivity index (χ4v) is 1.89. The SMILES string of the molecule is O=C(NNC(=S)Nc1ccccc1F)c1ccc(Cl)cc1F. The number of hydrogen-bond acceptors (Lipinski definition) is 2. The number of thiocarbonyl (C=S) groups is 1. The number of benzene rings is 2. The third-order valence-electron chi connectivity index (χ3n) is 2.59. The van der Waals surface area contributed by atoms with Crippen LogP contribution < -0.4 is 16.2 Å². The molecule has 0 aliphatic heterocycles. The molecule has 0 atom stereocenters. The molecule has 2 aromatic rings. The van der Waals surface area contributed by atoms with Crippen molar-refractivity contribution in [2.75, 3.05) is 5.32 Å². The minimum absolute atomic E-state index is 0.0483. The number of rotatable bonds is 2. The van der Waals surface area contributed by atoms with Crippen LogP contribution in [0.5, 0.6) is 0 Å². The van der Waals surface area contributed by atoms with Gasteiger partial charge in [-0.1, -0.05) is 23.7 Å². The highest BCUT2D eigenvalue weighted by atomic mass is 35.5. The van der Waals surface area contributed by atoms with E-state index in [0.29, 0.717) is 0 Å². The van der Waals surface area contributed by atoms with Crippen LogP contribution in [0.4, 0.5) is 14.5 Å². The summed E-state index contributed by atoms with van der Waals surface area (Å²) in [6.45, 7) is 0. The molecule has 0 aliphatic carbocycles. The van der Waals surface area contributed by atoms with Gasteiger partial charge < -0.3 is 5.32 Å². The molecular weight excluding hydrogens is 332 g/mol. The number of carbonyl (C=O) groups excluding carboxylic acids is 1. The molecule has 0 unspecified atom stereocenters. The van der Waals surface area contributed by atoms with E-state index >= 15 is 0 Å². The average Bonchev–Trinajstić information content (AvgIpc) is 2.47. The molecule has 3 N–H and O–H groups in total. The van der Waals surface area contributed by atoms with Crippen LogP contribution >= 0.6 is 23.8 Å². The van der Waals surface area contributed by atoms with E-state index in [0.717, 1.165) is 6.07 Å². The van der Waals surface area contributed by atoms with Crippen LogP contribution in [0.2, 0.25) is 5.02 Å². The zero-order valence-electron chi connectivity index (χ0n) is 11.0. The van der Waals surface area contributed by atoms with Crippen molar-refractivity contribution in [3.8, 4) is 0 Å². The molecular formula is C14H10ClF2N3OS. The van der Waals surface area contributed by atoms with Crippen LogP contribution in [-0.2, 0) is 0 Å². The molecule has 1 amide bonds. The Morgan fingerprint density at radius 1 is 1.05 bits per heavy atom. The Balaban J connectivity index is 1.93. The van der Waals surface area contributed by atoms with Crippen LogP contribution in [0.25, 0.3) is 0 Å². The summed E-state index contributed by atoms with van der Waals surface area (Å²) < 4.78 is 27.0. The van der Waals surface area contributed by atoms with Gasteiger partial charge in [0.25, 0.3) is 5.91 Å². The van der Waals surface area contributed by atoms with Crippen molar-refractivity contribution < 1.29 is 13.6 Å². The van der Waals surface area contributed by atoms with Gasteiger partial charge in [-0.25, -0.2) is 8.78 Å². The summed E-state index contributed by atoms with van der Waals surface area (Å²) in [7, 11) is 0. The fraction of sp³-hybridized carbons (Fsp3) is 0. The molecule has 2 rings (SSSR count). The van der Waals surface area contributed by atoms with Crippen molar-refractivity contribution in [3.63, 3.8) is 0 Å². The molecule has 0 aromatic heterocycles. The monoisotopic (exact) mass is 341 g/mol. The Labute approximate surface area is 135 Å². The largest absolute Gasteiger partial charge is 0.329 e. The topological polar surface area (TPSA) is 53.2 Å². The van der Waals surface area contributed by atoms with Crippen molar-refractivity contribution in [3.05, 3.63) is 64.7 Å². The summed E-state index contributed by atoms with van der Waals surface area (Å²) in [5, 5.41) is 2.69. The fourth-order valence-electron chi connectivity index (χ4n) is 1.57. The van der Waals surface area contributed by atoms with Crippen molar-refractivity contribution in [2.24, 2.45) is 0 Å². The van der Waals surface area contributed by atoms with Crippen molar-refractivity contribution in [1.29, 1.82) is 0 Å². The molecule has 2 aromatic carbocycles. The van der Waals surface area contributed by atoms with Crippen molar-refractivity contribution >= 4 is 40.5 Å². The van der Waals surface area contributed by atoms with Gasteiger partial charge in [0.2, 0.25) is 0 Å². The van der Waals surface area contributed by atoms with Gasteiger partial charge in [0.05, 0.1) is 11.3 Å². The van der Waals surface area contributed by atoms with Crippen molar-refractivity contribution in [2.45, 2.75) is 0 Å². The molecule has 8 heteroatoms. The number of hydrazine groups is 1. The van der Waals surface area contributed by atoms with Gasteiger partial charge in [0.15, 0.2) is 5.11 Å². The lowest BCUT2D eigenvalue weighted by atomic mass is 10.2. The van der Waals surface area contributed by atoms with Crippen molar-refractivity contribution in [1.82, 2.24) is 10.9 Å². The maximum absolute atomic E-state index is 13.6. The van der Waals surface area contributed by atoms with Gasteiger partial charge in [-0.2, -0.15) is 0 Å². The minimum atomic E-state index is -0.764. The van der Waals surface area contributed by atoms with E-state index in [2.05, 4.69) is 16.2 Å². The normalized spacial score (nSPS) is 9.95. The first-order chi connectivity index (χ1) is 10.5. The van der Waals surface area contributed by atoms with E-state index in [1.165, 1.54) is 30.3 Å². The average molecular weight is 342 g/mol. The third kappa shape index (κ3) is 4.12. The van der Waals surface area contributed by atoms with E-state index in [9.17, 15) is 13.6 Å². The maximum atomic E-state index is 13.6. The second-order valence-electron chi connectivity index (χ2n) is 4.14. The summed E-state index contributed by atoms with van der Waals surface area (Å²) in [4.78, 5) is 11.8. The summed E-state index contributed by atoms with van der Waals surface area (Å²) in [6, 6.07) is 9.53. The Bertz CT molecular complexity index is 727. The molecule has 114 valence electrons. The van der Waals surface area contributed by atoms with Gasteiger partial charge in [0, 0.05) is 5.02 Å². The zero-order valence-corrected chi connectivity index (χ0v) is 12.6. The van der Waals surface area contributed by atoms with Gasteiger partial charge in [-0.15, -0.1) is 0 Å². The molecule has 4 nitrogen and oxygen atoms in total. The summed E-state index contributed by atoms with van der Waals surface area (Å²) in [6.07, 6.45) is 0. The first-order valence-corrected chi connectivity index (χ1v) is 6.83. The van der Waals surface area contributed by atoms with Gasteiger partial charge >= 0.3 is 0 Å². The number of nitrogens with one attached hydrogen (secondary N) is 3.